The molecule has 0 saturated carbocycles. The first kappa shape index (κ1) is 24.6. The summed E-state index contributed by atoms with van der Waals surface area (Å²) in [5.41, 5.74) is 2.64. The van der Waals surface area contributed by atoms with Crippen LogP contribution in [0.15, 0.2) is 34.0 Å². The highest BCUT2D eigenvalue weighted by Crippen LogP contribution is 2.29. The Morgan fingerprint density at radius 2 is 1.66 bits per heavy atom. The summed E-state index contributed by atoms with van der Waals surface area (Å²) in [4.78, 5) is 33.7. The minimum Gasteiger partial charge on any atom is -0.368 e. The number of piperazine rings is 1. The Labute approximate surface area is 199 Å². The molecule has 0 spiro atoms. The summed E-state index contributed by atoms with van der Waals surface area (Å²) in [6, 6.07) is 7.93. The van der Waals surface area contributed by atoms with E-state index in [0.29, 0.717) is 5.75 Å². The monoisotopic (exact) mass is 474 g/mol. The van der Waals surface area contributed by atoms with Gasteiger partial charge in [-0.2, -0.15) is 0 Å². The number of rotatable bonds is 5. The molecule has 1 N–H and O–H groups in total. The van der Waals surface area contributed by atoms with Gasteiger partial charge in [0.15, 0.2) is 4.34 Å². The van der Waals surface area contributed by atoms with E-state index in [4.69, 9.17) is 0 Å². The SMILES string of the molecule is CC(C)(C)C(=O)N1CCN(c2ccc(NC(=O)CSc3nc(C(C)(C)C)cs3)cc2)CC1. The number of hydrogen-bond acceptors (Lipinski definition) is 6. The maximum atomic E-state index is 12.5. The molecule has 8 heteroatoms. The second-order valence-electron chi connectivity index (χ2n) is 10.2. The number of anilines is 2. The lowest BCUT2D eigenvalue weighted by atomic mass is 9.93. The van der Waals surface area contributed by atoms with Crippen molar-refractivity contribution in [2.24, 2.45) is 5.41 Å². The van der Waals surface area contributed by atoms with E-state index in [1.807, 2.05) is 49.9 Å². The van der Waals surface area contributed by atoms with Crippen LogP contribution in [0.1, 0.15) is 47.2 Å². The number of carbonyl (C=O) groups is 2. The van der Waals surface area contributed by atoms with E-state index in [1.54, 1.807) is 11.3 Å². The van der Waals surface area contributed by atoms with Crippen LogP contribution in [0.5, 0.6) is 0 Å². The lowest BCUT2D eigenvalue weighted by molar-refractivity contribution is -0.139. The highest BCUT2D eigenvalue weighted by atomic mass is 32.2. The average Bonchev–Trinajstić information content (AvgIpc) is 3.22. The predicted molar refractivity (Wildman–Crippen MR) is 135 cm³/mol. The first-order valence-corrected chi connectivity index (χ1v) is 12.8. The molecule has 6 nitrogen and oxygen atoms in total. The van der Waals surface area contributed by atoms with Crippen LogP contribution in [-0.2, 0) is 15.0 Å². The summed E-state index contributed by atoms with van der Waals surface area (Å²) >= 11 is 3.06. The van der Waals surface area contributed by atoms with Gasteiger partial charge in [0.2, 0.25) is 11.8 Å². The minimum absolute atomic E-state index is 0.0219. The van der Waals surface area contributed by atoms with Gasteiger partial charge in [-0.05, 0) is 24.3 Å². The molecule has 2 amide bonds. The highest BCUT2D eigenvalue weighted by molar-refractivity contribution is 8.01. The van der Waals surface area contributed by atoms with Crippen LogP contribution in [0.2, 0.25) is 0 Å². The zero-order chi connectivity index (χ0) is 23.5. The summed E-state index contributed by atoms with van der Waals surface area (Å²) in [6.45, 7) is 15.4. The molecule has 1 aliphatic rings. The van der Waals surface area contributed by atoms with E-state index in [0.717, 1.165) is 47.6 Å². The van der Waals surface area contributed by atoms with Crippen molar-refractivity contribution in [1.29, 1.82) is 0 Å². The predicted octanol–water partition coefficient (Wildman–Crippen LogP) is 4.87. The third-order valence-corrected chi connectivity index (χ3v) is 7.32. The first-order chi connectivity index (χ1) is 14.9. The fraction of sp³-hybridized carbons (Fsp3) is 0.542. The smallest absolute Gasteiger partial charge is 0.234 e. The number of aromatic nitrogens is 1. The Balaban J connectivity index is 1.47. The zero-order valence-corrected chi connectivity index (χ0v) is 21.5. The maximum Gasteiger partial charge on any atom is 0.234 e. The normalized spacial score (nSPS) is 15.1. The van der Waals surface area contributed by atoms with Crippen molar-refractivity contribution in [3.63, 3.8) is 0 Å². The zero-order valence-electron chi connectivity index (χ0n) is 19.9. The third-order valence-electron chi connectivity index (χ3n) is 5.30. The maximum absolute atomic E-state index is 12.5. The molecule has 2 aromatic rings. The first-order valence-electron chi connectivity index (χ1n) is 11.0. The number of nitrogens with zero attached hydrogens (tertiary/aromatic N) is 3. The molecule has 32 heavy (non-hydrogen) atoms. The molecule has 0 atom stereocenters. The fourth-order valence-corrected chi connectivity index (χ4v) is 5.24. The molecule has 3 rings (SSSR count). The fourth-order valence-electron chi connectivity index (χ4n) is 3.39. The number of thioether (sulfide) groups is 1. The number of thiazole rings is 1. The molecule has 1 fully saturated rings. The van der Waals surface area contributed by atoms with Gasteiger partial charge in [0.05, 0.1) is 11.4 Å². The van der Waals surface area contributed by atoms with Crippen molar-refractivity contribution in [2.45, 2.75) is 51.3 Å². The van der Waals surface area contributed by atoms with Crippen LogP contribution in [-0.4, -0.2) is 53.6 Å². The summed E-state index contributed by atoms with van der Waals surface area (Å²) in [7, 11) is 0. The largest absolute Gasteiger partial charge is 0.368 e. The van der Waals surface area contributed by atoms with Gasteiger partial charge in [-0.25, -0.2) is 4.98 Å². The van der Waals surface area contributed by atoms with E-state index < -0.39 is 0 Å². The lowest BCUT2D eigenvalue weighted by Crippen LogP contribution is -2.51. The molecule has 2 heterocycles. The number of benzene rings is 1. The van der Waals surface area contributed by atoms with Gasteiger partial charge < -0.3 is 15.1 Å². The molecule has 0 aliphatic carbocycles. The second-order valence-corrected chi connectivity index (χ2v) is 12.2. The molecule has 0 radical (unpaired) electrons. The summed E-state index contributed by atoms with van der Waals surface area (Å²) < 4.78 is 0.921. The average molecular weight is 475 g/mol. The molecule has 1 saturated heterocycles. The van der Waals surface area contributed by atoms with Gasteiger partial charge >= 0.3 is 0 Å². The van der Waals surface area contributed by atoms with Gasteiger partial charge in [-0.3, -0.25) is 9.59 Å². The van der Waals surface area contributed by atoms with E-state index in [1.165, 1.54) is 11.8 Å². The van der Waals surface area contributed by atoms with Crippen LogP contribution < -0.4 is 10.2 Å². The Bertz CT molecular complexity index is 934. The molecular weight excluding hydrogens is 440 g/mol. The van der Waals surface area contributed by atoms with Crippen molar-refractivity contribution >= 4 is 46.3 Å². The van der Waals surface area contributed by atoms with E-state index >= 15 is 0 Å². The Hall–Kier alpha value is -2.06. The molecule has 0 bridgehead atoms. The standard InChI is InChI=1S/C24H34N4O2S2/c1-23(2,3)19-15-31-22(26-19)32-16-20(29)25-17-7-9-18(10-8-17)27-11-13-28(14-12-27)21(30)24(4,5)6/h7-10,15H,11-14,16H2,1-6H3,(H,25,29). The molecule has 1 aliphatic heterocycles. The number of amides is 2. The van der Waals surface area contributed by atoms with Gasteiger partial charge in [0.25, 0.3) is 0 Å². The van der Waals surface area contributed by atoms with Crippen molar-refractivity contribution in [3.8, 4) is 0 Å². The summed E-state index contributed by atoms with van der Waals surface area (Å²) in [5.74, 6) is 0.507. The molecule has 1 aromatic heterocycles. The topological polar surface area (TPSA) is 65.5 Å². The summed E-state index contributed by atoms with van der Waals surface area (Å²) in [6.07, 6.45) is 0. The molecule has 1 aromatic carbocycles. The van der Waals surface area contributed by atoms with Gasteiger partial charge in [0.1, 0.15) is 0 Å². The second kappa shape index (κ2) is 9.83. The van der Waals surface area contributed by atoms with E-state index in [2.05, 4.69) is 41.4 Å². The summed E-state index contributed by atoms with van der Waals surface area (Å²) in [5, 5.41) is 5.03. The molecular formula is C24H34N4O2S2. The van der Waals surface area contributed by atoms with Crippen molar-refractivity contribution in [1.82, 2.24) is 9.88 Å². The highest BCUT2D eigenvalue weighted by Gasteiger charge is 2.29. The van der Waals surface area contributed by atoms with Crippen LogP contribution in [0.4, 0.5) is 11.4 Å². The Morgan fingerprint density at radius 3 is 2.19 bits per heavy atom. The van der Waals surface area contributed by atoms with Crippen LogP contribution in [0.3, 0.4) is 0 Å². The molecule has 174 valence electrons. The van der Waals surface area contributed by atoms with Crippen molar-refractivity contribution < 1.29 is 9.59 Å². The lowest BCUT2D eigenvalue weighted by Gasteiger charge is -2.38. The van der Waals surface area contributed by atoms with Gasteiger partial charge in [-0.1, -0.05) is 53.3 Å². The minimum atomic E-state index is -0.339. The van der Waals surface area contributed by atoms with Crippen LogP contribution >= 0.6 is 23.1 Å². The van der Waals surface area contributed by atoms with Crippen LogP contribution in [0.25, 0.3) is 0 Å². The van der Waals surface area contributed by atoms with Crippen LogP contribution in [0, 0.1) is 5.41 Å². The third kappa shape index (κ3) is 6.48. The number of hydrogen-bond donors (Lipinski definition) is 1. The Kier molecular flexibility index (Phi) is 7.55. The van der Waals surface area contributed by atoms with Gasteiger partial charge in [0, 0.05) is 53.8 Å². The van der Waals surface area contributed by atoms with Crippen molar-refractivity contribution in [2.75, 3.05) is 42.1 Å². The number of carbonyl (C=O) groups excluding carboxylic acids is 2. The molecule has 0 unspecified atom stereocenters. The van der Waals surface area contributed by atoms with Crippen molar-refractivity contribution in [3.05, 3.63) is 35.3 Å². The van der Waals surface area contributed by atoms with E-state index in [9.17, 15) is 9.59 Å². The number of nitrogens with one attached hydrogen (secondary N) is 1. The Morgan fingerprint density at radius 1 is 1.03 bits per heavy atom. The van der Waals surface area contributed by atoms with E-state index in [-0.39, 0.29) is 22.6 Å². The quantitative estimate of drug-likeness (QED) is 0.627. The van der Waals surface area contributed by atoms with Gasteiger partial charge in [-0.15, -0.1) is 11.3 Å².